The van der Waals surface area contributed by atoms with E-state index in [1.807, 2.05) is 48.6 Å². The highest BCUT2D eigenvalue weighted by molar-refractivity contribution is 7.12. The molecule has 0 fully saturated rings. The molecule has 0 saturated heterocycles. The van der Waals surface area contributed by atoms with Gasteiger partial charge < -0.3 is 14.6 Å². The molecule has 1 aliphatic heterocycles. The van der Waals surface area contributed by atoms with Gasteiger partial charge in [-0.25, -0.2) is 0 Å². The molecule has 0 saturated carbocycles. The van der Waals surface area contributed by atoms with E-state index in [1.54, 1.807) is 24.5 Å². The van der Waals surface area contributed by atoms with Crippen molar-refractivity contribution in [2.75, 3.05) is 20.6 Å². The van der Waals surface area contributed by atoms with Gasteiger partial charge in [0.05, 0.1) is 17.2 Å². The highest BCUT2D eigenvalue weighted by Gasteiger charge is 2.42. The van der Waals surface area contributed by atoms with E-state index in [4.69, 9.17) is 9.25 Å². The molecule has 3 rings (SSSR count). The van der Waals surface area contributed by atoms with E-state index < -0.39 is 5.60 Å². The van der Waals surface area contributed by atoms with Crippen molar-refractivity contribution in [1.82, 2.24) is 10.2 Å². The molecule has 0 aliphatic carbocycles. The summed E-state index contributed by atoms with van der Waals surface area (Å²) in [5.74, 6) is 0.643. The number of hydrogen-bond donors (Lipinski definition) is 1. The lowest BCUT2D eigenvalue weighted by Gasteiger charge is -2.25. The van der Waals surface area contributed by atoms with Gasteiger partial charge in [0, 0.05) is 13.0 Å². The fraction of sp³-hybridized carbons (Fsp3) is 0.412. The molecule has 2 aromatic rings. The number of nitrogens with zero attached hydrogens (tertiary/aromatic N) is 2. The van der Waals surface area contributed by atoms with Crippen LogP contribution < -0.4 is 5.32 Å². The van der Waals surface area contributed by atoms with E-state index in [-0.39, 0.29) is 11.9 Å². The Balaban J connectivity index is 1.61. The number of amides is 1. The monoisotopic (exact) mass is 347 g/mol. The molecule has 1 aliphatic rings. The highest BCUT2D eigenvalue weighted by Crippen LogP contribution is 2.28. The van der Waals surface area contributed by atoms with Crippen molar-refractivity contribution in [3.8, 4) is 0 Å². The first-order valence-corrected chi connectivity index (χ1v) is 8.64. The van der Waals surface area contributed by atoms with Crippen molar-refractivity contribution in [2.24, 2.45) is 5.16 Å². The number of nitrogens with one attached hydrogen (secondary N) is 1. The van der Waals surface area contributed by atoms with Crippen LogP contribution >= 0.6 is 11.3 Å². The summed E-state index contributed by atoms with van der Waals surface area (Å²) in [7, 11) is 3.90. The van der Waals surface area contributed by atoms with E-state index in [1.165, 1.54) is 0 Å². The standard InChI is InChI=1S/C17H21N3O3S/c1-17(10-12(19-23-17)15-7-5-9-24-15)16(21)18-11-13(20(2)3)14-6-4-8-22-14/h4-9,13H,10-11H2,1-3H3,(H,18,21)/t13-,17-/m1/s1. The second kappa shape index (κ2) is 6.78. The van der Waals surface area contributed by atoms with Gasteiger partial charge in [0.15, 0.2) is 0 Å². The van der Waals surface area contributed by atoms with Crippen LogP contribution in [0.2, 0.25) is 0 Å². The van der Waals surface area contributed by atoms with Crippen molar-refractivity contribution in [2.45, 2.75) is 25.0 Å². The summed E-state index contributed by atoms with van der Waals surface area (Å²) in [5.41, 5.74) is -0.155. The van der Waals surface area contributed by atoms with Gasteiger partial charge in [-0.3, -0.25) is 9.69 Å². The van der Waals surface area contributed by atoms with Crippen molar-refractivity contribution < 1.29 is 14.0 Å². The summed E-state index contributed by atoms with van der Waals surface area (Å²) in [6.07, 6.45) is 2.10. The van der Waals surface area contributed by atoms with Crippen LogP contribution in [0.15, 0.2) is 45.5 Å². The lowest BCUT2D eigenvalue weighted by molar-refractivity contribution is -0.141. The van der Waals surface area contributed by atoms with Gasteiger partial charge in [0.1, 0.15) is 11.5 Å². The molecule has 0 spiro atoms. The molecule has 0 unspecified atom stereocenters. The second-order valence-corrected chi connectivity index (χ2v) is 7.17. The zero-order chi connectivity index (χ0) is 17.2. The smallest absolute Gasteiger partial charge is 0.267 e. The van der Waals surface area contributed by atoms with Crippen LogP contribution in [0.3, 0.4) is 0 Å². The number of carbonyl (C=O) groups excluding carboxylic acids is 1. The molecule has 6 nitrogen and oxygen atoms in total. The lowest BCUT2D eigenvalue weighted by atomic mass is 9.98. The Morgan fingerprint density at radius 3 is 2.92 bits per heavy atom. The van der Waals surface area contributed by atoms with E-state index >= 15 is 0 Å². The predicted molar refractivity (Wildman–Crippen MR) is 93.1 cm³/mol. The number of rotatable bonds is 6. The molecule has 7 heteroatoms. The van der Waals surface area contributed by atoms with Crippen LogP contribution in [-0.2, 0) is 9.63 Å². The number of thiophene rings is 1. The summed E-state index contributed by atoms with van der Waals surface area (Å²) in [6.45, 7) is 2.20. The van der Waals surface area contributed by atoms with Gasteiger partial charge >= 0.3 is 0 Å². The van der Waals surface area contributed by atoms with E-state index in [9.17, 15) is 4.79 Å². The van der Waals surface area contributed by atoms with Crippen LogP contribution in [0.1, 0.15) is 30.0 Å². The average Bonchev–Trinajstić information content (AvgIpc) is 3.28. The fourth-order valence-corrected chi connectivity index (χ4v) is 3.34. The molecule has 2 atom stereocenters. The van der Waals surface area contributed by atoms with Gasteiger partial charge in [0.2, 0.25) is 5.60 Å². The Labute approximate surface area is 145 Å². The van der Waals surface area contributed by atoms with Gasteiger partial charge in [-0.05, 0) is 44.6 Å². The van der Waals surface area contributed by atoms with Crippen LogP contribution in [0.4, 0.5) is 0 Å². The zero-order valence-corrected chi connectivity index (χ0v) is 14.8. The maximum atomic E-state index is 12.6. The van der Waals surface area contributed by atoms with Crippen molar-refractivity contribution in [3.63, 3.8) is 0 Å². The third-order valence-corrected chi connectivity index (χ3v) is 5.02. The molecule has 0 radical (unpaired) electrons. The molecule has 1 N–H and O–H groups in total. The van der Waals surface area contributed by atoms with Crippen molar-refractivity contribution in [1.29, 1.82) is 0 Å². The van der Waals surface area contributed by atoms with Crippen LogP contribution in [0, 0.1) is 0 Å². The van der Waals surface area contributed by atoms with E-state index in [2.05, 4.69) is 10.5 Å². The lowest BCUT2D eigenvalue weighted by Crippen LogP contribution is -2.47. The summed E-state index contributed by atoms with van der Waals surface area (Å²) in [6, 6.07) is 7.66. The molecular formula is C17H21N3O3S. The Kier molecular flexibility index (Phi) is 4.73. The minimum absolute atomic E-state index is 0.0355. The molecule has 1 amide bonds. The minimum atomic E-state index is -0.973. The number of oxime groups is 1. The maximum absolute atomic E-state index is 12.6. The molecule has 3 heterocycles. The van der Waals surface area contributed by atoms with Crippen LogP contribution in [0.25, 0.3) is 0 Å². The number of likely N-dealkylation sites (N-methyl/N-ethyl adjacent to an activating group) is 1. The Bertz CT molecular complexity index is 710. The zero-order valence-electron chi connectivity index (χ0n) is 14.0. The van der Waals surface area contributed by atoms with Crippen LogP contribution in [-0.4, -0.2) is 42.8 Å². The molecule has 128 valence electrons. The SMILES string of the molecule is CN(C)[C@H](CNC(=O)[C@@]1(C)CC(c2cccs2)=NO1)c1ccco1. The van der Waals surface area contributed by atoms with E-state index in [0.29, 0.717) is 13.0 Å². The average molecular weight is 347 g/mol. The van der Waals surface area contributed by atoms with Gasteiger partial charge in [-0.1, -0.05) is 11.2 Å². The molecule has 24 heavy (non-hydrogen) atoms. The topological polar surface area (TPSA) is 67.1 Å². The first kappa shape index (κ1) is 16.7. The maximum Gasteiger partial charge on any atom is 0.267 e. The van der Waals surface area contributed by atoms with Crippen molar-refractivity contribution in [3.05, 3.63) is 46.5 Å². The minimum Gasteiger partial charge on any atom is -0.468 e. The van der Waals surface area contributed by atoms with Gasteiger partial charge in [-0.15, -0.1) is 11.3 Å². The summed E-state index contributed by atoms with van der Waals surface area (Å²) in [4.78, 5) is 21.1. The predicted octanol–water partition coefficient (Wildman–Crippen LogP) is 2.64. The number of hydrogen-bond acceptors (Lipinski definition) is 6. The molecule has 2 aromatic heterocycles. The summed E-state index contributed by atoms with van der Waals surface area (Å²) >= 11 is 1.59. The third-order valence-electron chi connectivity index (χ3n) is 4.10. The van der Waals surface area contributed by atoms with E-state index in [0.717, 1.165) is 16.3 Å². The summed E-state index contributed by atoms with van der Waals surface area (Å²) < 4.78 is 5.46. The molecule has 0 bridgehead atoms. The van der Waals surface area contributed by atoms with Crippen molar-refractivity contribution >= 4 is 23.0 Å². The fourth-order valence-electron chi connectivity index (χ4n) is 2.63. The largest absolute Gasteiger partial charge is 0.468 e. The molecular weight excluding hydrogens is 326 g/mol. The Morgan fingerprint density at radius 1 is 1.46 bits per heavy atom. The van der Waals surface area contributed by atoms with Gasteiger partial charge in [-0.2, -0.15) is 0 Å². The first-order chi connectivity index (χ1) is 11.5. The highest BCUT2D eigenvalue weighted by atomic mass is 32.1. The third kappa shape index (κ3) is 3.37. The number of carbonyl (C=O) groups is 1. The molecule has 0 aromatic carbocycles. The van der Waals surface area contributed by atoms with Crippen LogP contribution in [0.5, 0.6) is 0 Å². The van der Waals surface area contributed by atoms with Gasteiger partial charge in [0.25, 0.3) is 5.91 Å². The Hall–Kier alpha value is -2.12. The number of furan rings is 1. The second-order valence-electron chi connectivity index (χ2n) is 6.22. The first-order valence-electron chi connectivity index (χ1n) is 7.76. The Morgan fingerprint density at radius 2 is 2.29 bits per heavy atom. The summed E-state index contributed by atoms with van der Waals surface area (Å²) in [5, 5.41) is 9.05. The quantitative estimate of drug-likeness (QED) is 0.872. The normalized spacial score (nSPS) is 21.4.